The summed E-state index contributed by atoms with van der Waals surface area (Å²) >= 11 is 0. The molecule has 3 aromatic rings. The molecule has 1 saturated carbocycles. The Balaban J connectivity index is 1.66. The van der Waals surface area contributed by atoms with Gasteiger partial charge in [-0.2, -0.15) is 9.61 Å². The maximum Gasteiger partial charge on any atom is 0.274 e. The highest BCUT2D eigenvalue weighted by molar-refractivity contribution is 5.98. The minimum Gasteiger partial charge on any atom is -0.381 e. The van der Waals surface area contributed by atoms with Gasteiger partial charge in [0.2, 0.25) is 0 Å². The summed E-state index contributed by atoms with van der Waals surface area (Å²) in [7, 11) is 3.46. The number of ether oxygens (including phenoxy) is 1. The molecule has 10 nitrogen and oxygen atoms in total. The molecule has 4 rings (SSSR count). The van der Waals surface area contributed by atoms with E-state index < -0.39 is 5.91 Å². The number of amides is 1. The summed E-state index contributed by atoms with van der Waals surface area (Å²) < 4.78 is 8.70. The van der Waals surface area contributed by atoms with Crippen LogP contribution in [0.15, 0.2) is 35.4 Å². The van der Waals surface area contributed by atoms with Gasteiger partial charge in [0.25, 0.3) is 11.5 Å². The number of methoxy groups -OCH3 is 1. The van der Waals surface area contributed by atoms with Crippen LogP contribution in [-0.2, 0) is 4.74 Å². The Hall–Kier alpha value is -3.40. The van der Waals surface area contributed by atoms with Gasteiger partial charge in [0.05, 0.1) is 12.3 Å². The van der Waals surface area contributed by atoms with Crippen LogP contribution in [0.3, 0.4) is 0 Å². The summed E-state index contributed by atoms with van der Waals surface area (Å²) in [6, 6.07) is 5.42. The molecule has 3 heterocycles. The van der Waals surface area contributed by atoms with Crippen LogP contribution in [0, 0.1) is 0 Å². The van der Waals surface area contributed by atoms with Crippen LogP contribution in [-0.4, -0.2) is 45.3 Å². The number of nitrogens with one attached hydrogen (secondary N) is 2. The number of pyridine rings is 1. The number of anilines is 3. The Kier molecular flexibility index (Phi) is 5.40. The predicted octanol–water partition coefficient (Wildman–Crippen LogP) is 1.91. The van der Waals surface area contributed by atoms with Crippen molar-refractivity contribution in [3.05, 3.63) is 46.5 Å². The summed E-state index contributed by atoms with van der Waals surface area (Å²) in [4.78, 5) is 29.2. The van der Waals surface area contributed by atoms with Crippen LogP contribution in [0.4, 0.5) is 17.3 Å². The monoisotopic (exact) mass is 411 g/mol. The van der Waals surface area contributed by atoms with Crippen molar-refractivity contribution in [1.29, 1.82) is 0 Å². The number of fused-ring (bicyclic) bond motifs is 1. The van der Waals surface area contributed by atoms with E-state index in [9.17, 15) is 9.59 Å². The van der Waals surface area contributed by atoms with Crippen LogP contribution in [0.1, 0.15) is 42.1 Å². The normalized spacial score (nSPS) is 19.0. The average Bonchev–Trinajstić information content (AvgIpc) is 3.19. The first-order valence-electron chi connectivity index (χ1n) is 9.89. The lowest BCUT2D eigenvalue weighted by Crippen LogP contribution is -2.30. The molecular formula is C20H25N7O3. The van der Waals surface area contributed by atoms with Gasteiger partial charge >= 0.3 is 0 Å². The van der Waals surface area contributed by atoms with E-state index in [4.69, 9.17) is 10.5 Å². The van der Waals surface area contributed by atoms with E-state index in [1.165, 1.54) is 10.7 Å². The molecular weight excluding hydrogens is 386 g/mol. The van der Waals surface area contributed by atoms with Crippen LogP contribution >= 0.6 is 0 Å². The van der Waals surface area contributed by atoms with Crippen molar-refractivity contribution in [2.45, 2.75) is 37.8 Å². The highest BCUT2D eigenvalue weighted by atomic mass is 16.5. The van der Waals surface area contributed by atoms with Crippen molar-refractivity contribution in [2.75, 3.05) is 24.8 Å². The molecule has 0 saturated heterocycles. The molecule has 1 amide bonds. The number of nitrogens with two attached hydrogens (primary N) is 1. The van der Waals surface area contributed by atoms with Gasteiger partial charge in [0.15, 0.2) is 5.65 Å². The summed E-state index contributed by atoms with van der Waals surface area (Å²) in [6.07, 6.45) is 7.13. The van der Waals surface area contributed by atoms with E-state index in [0.717, 1.165) is 25.7 Å². The number of rotatable bonds is 6. The molecule has 10 heteroatoms. The third-order valence-electron chi connectivity index (χ3n) is 5.60. The first-order chi connectivity index (χ1) is 14.5. The van der Waals surface area contributed by atoms with Gasteiger partial charge < -0.3 is 25.7 Å². The molecule has 30 heavy (non-hydrogen) atoms. The fourth-order valence-electron chi connectivity index (χ4n) is 3.97. The van der Waals surface area contributed by atoms with Crippen LogP contribution < -0.4 is 21.9 Å². The van der Waals surface area contributed by atoms with Crippen LogP contribution in [0.2, 0.25) is 0 Å². The Bertz CT molecular complexity index is 1130. The molecule has 0 aromatic carbocycles. The van der Waals surface area contributed by atoms with Gasteiger partial charge in [-0.1, -0.05) is 0 Å². The lowest BCUT2D eigenvalue weighted by atomic mass is 9.92. The minimum absolute atomic E-state index is 0.116. The molecule has 4 N–H and O–H groups in total. The third-order valence-corrected chi connectivity index (χ3v) is 5.60. The second-order valence-corrected chi connectivity index (χ2v) is 7.36. The topological polar surface area (TPSA) is 129 Å². The van der Waals surface area contributed by atoms with Gasteiger partial charge in [-0.3, -0.25) is 9.59 Å². The average molecular weight is 411 g/mol. The number of carbonyl (C=O) groups excluding carboxylic acids is 1. The summed E-state index contributed by atoms with van der Waals surface area (Å²) in [6.45, 7) is 0. The second-order valence-electron chi connectivity index (χ2n) is 7.36. The third kappa shape index (κ3) is 3.61. The van der Waals surface area contributed by atoms with E-state index >= 15 is 0 Å². The van der Waals surface area contributed by atoms with Crippen LogP contribution in [0.5, 0.6) is 0 Å². The molecule has 3 aromatic heterocycles. The first kappa shape index (κ1) is 19.9. The number of carbonyl (C=O) groups is 1. The Morgan fingerprint density at radius 2 is 2.07 bits per heavy atom. The second kappa shape index (κ2) is 8.15. The van der Waals surface area contributed by atoms with E-state index in [0.29, 0.717) is 23.0 Å². The molecule has 1 aliphatic rings. The molecule has 1 fully saturated rings. The molecule has 0 radical (unpaired) electrons. The predicted molar refractivity (Wildman–Crippen MR) is 113 cm³/mol. The van der Waals surface area contributed by atoms with E-state index in [1.54, 1.807) is 30.9 Å². The van der Waals surface area contributed by atoms with Crippen molar-refractivity contribution in [3.8, 4) is 0 Å². The van der Waals surface area contributed by atoms with Gasteiger partial charge in [-0.25, -0.2) is 4.98 Å². The van der Waals surface area contributed by atoms with Gasteiger partial charge in [0.1, 0.15) is 22.9 Å². The Morgan fingerprint density at radius 3 is 2.73 bits per heavy atom. The zero-order valence-corrected chi connectivity index (χ0v) is 17.0. The summed E-state index contributed by atoms with van der Waals surface area (Å²) in [5.41, 5.74) is 6.24. The quantitative estimate of drug-likeness (QED) is 0.565. The molecule has 0 spiro atoms. The van der Waals surface area contributed by atoms with E-state index in [1.807, 2.05) is 12.3 Å². The number of hydrogen-bond donors (Lipinski definition) is 3. The number of aromatic nitrogens is 4. The molecule has 0 unspecified atom stereocenters. The smallest absolute Gasteiger partial charge is 0.274 e. The summed E-state index contributed by atoms with van der Waals surface area (Å²) in [5.74, 6) is 0.391. The van der Waals surface area contributed by atoms with Crippen molar-refractivity contribution in [3.63, 3.8) is 0 Å². The highest BCUT2D eigenvalue weighted by Crippen LogP contribution is 2.29. The van der Waals surface area contributed by atoms with Crippen molar-refractivity contribution in [1.82, 2.24) is 19.2 Å². The lowest BCUT2D eigenvalue weighted by molar-refractivity contribution is 0.0580. The zero-order valence-electron chi connectivity index (χ0n) is 17.0. The lowest BCUT2D eigenvalue weighted by Gasteiger charge is -2.29. The van der Waals surface area contributed by atoms with Crippen LogP contribution in [0.25, 0.3) is 5.65 Å². The molecule has 0 aliphatic heterocycles. The van der Waals surface area contributed by atoms with Gasteiger partial charge in [0, 0.05) is 32.5 Å². The fraction of sp³-hybridized carbons (Fsp3) is 0.400. The van der Waals surface area contributed by atoms with Gasteiger partial charge in [-0.05, 0) is 37.8 Å². The van der Waals surface area contributed by atoms with Gasteiger partial charge in [-0.15, -0.1) is 0 Å². The van der Waals surface area contributed by atoms with E-state index in [2.05, 4.69) is 20.7 Å². The molecule has 1 aliphatic carbocycles. The standard InChI is InChI=1S/C20H25N7O3/c1-22-17-10-16(25-19-14(18(21)28)11-23-27(17)19)24-15-4-3-9-26(20(15)29)12-5-7-13(30-2)8-6-12/h3-4,9-13,22H,5-8H2,1-2H3,(H2,21,28)(H,24,25). The molecule has 158 valence electrons. The van der Waals surface area contributed by atoms with Crippen molar-refractivity contribution >= 4 is 28.9 Å². The van der Waals surface area contributed by atoms with Crippen molar-refractivity contribution < 1.29 is 9.53 Å². The number of nitrogens with zero attached hydrogens (tertiary/aromatic N) is 4. The SMILES string of the molecule is CNc1cc(Nc2cccn(C3CCC(OC)CC3)c2=O)nc2c(C(N)=O)cnn12. The fourth-order valence-corrected chi connectivity index (χ4v) is 3.97. The molecule has 0 atom stereocenters. The maximum atomic E-state index is 13.1. The Morgan fingerprint density at radius 1 is 1.30 bits per heavy atom. The maximum absolute atomic E-state index is 13.1. The van der Waals surface area contributed by atoms with Crippen molar-refractivity contribution in [2.24, 2.45) is 5.73 Å². The number of primary amides is 1. The largest absolute Gasteiger partial charge is 0.381 e. The number of hydrogen-bond acceptors (Lipinski definition) is 7. The summed E-state index contributed by atoms with van der Waals surface area (Å²) in [5, 5.41) is 10.3. The van der Waals surface area contributed by atoms with E-state index in [-0.39, 0.29) is 23.3 Å². The molecule has 0 bridgehead atoms. The minimum atomic E-state index is -0.620. The highest BCUT2D eigenvalue weighted by Gasteiger charge is 2.23. The zero-order chi connectivity index (χ0) is 21.3. The first-order valence-corrected chi connectivity index (χ1v) is 9.89. The Labute approximate surface area is 173 Å².